The Labute approximate surface area is 200 Å². The lowest BCUT2D eigenvalue weighted by atomic mass is 9.97. The van der Waals surface area contributed by atoms with Gasteiger partial charge in [0.05, 0.1) is 12.6 Å². The molecule has 172 valence electrons. The summed E-state index contributed by atoms with van der Waals surface area (Å²) in [4.78, 5) is 3.87. The molecule has 0 bridgehead atoms. The predicted octanol–water partition coefficient (Wildman–Crippen LogP) is 6.01. The first kappa shape index (κ1) is 22.5. The Morgan fingerprint density at radius 1 is 1.00 bits per heavy atom. The zero-order valence-electron chi connectivity index (χ0n) is 18.2. The van der Waals surface area contributed by atoms with Crippen molar-refractivity contribution in [1.82, 2.24) is 4.90 Å². The van der Waals surface area contributed by atoms with Crippen LogP contribution in [0, 0.1) is 5.82 Å². The monoisotopic (exact) mass is 483 g/mol. The minimum atomic E-state index is -1.32. The third-order valence-corrected chi connectivity index (χ3v) is 7.89. The molecule has 3 aromatic heterocycles. The minimum absolute atomic E-state index is 0.169. The molecule has 0 aliphatic carbocycles. The van der Waals surface area contributed by atoms with Crippen molar-refractivity contribution in [1.29, 1.82) is 0 Å². The fourth-order valence-corrected chi connectivity index (χ4v) is 6.11. The van der Waals surface area contributed by atoms with Gasteiger partial charge in [-0.1, -0.05) is 24.3 Å². The highest BCUT2D eigenvalue weighted by molar-refractivity contribution is 7.11. The molecule has 1 fully saturated rings. The quantitative estimate of drug-likeness (QED) is 0.317. The predicted molar refractivity (Wildman–Crippen MR) is 129 cm³/mol. The van der Waals surface area contributed by atoms with Crippen LogP contribution < -0.4 is 0 Å². The Morgan fingerprint density at radius 3 is 2.42 bits per heavy atom. The first-order valence-corrected chi connectivity index (χ1v) is 12.8. The number of hydrogen-bond donors (Lipinski definition) is 1. The number of nitrogens with zero attached hydrogens (tertiary/aromatic N) is 1. The van der Waals surface area contributed by atoms with E-state index in [9.17, 15) is 9.50 Å². The fraction of sp³-hybridized carbons (Fsp3) is 0.308. The summed E-state index contributed by atoms with van der Waals surface area (Å²) in [5, 5.41) is 15.7. The van der Waals surface area contributed by atoms with Gasteiger partial charge in [-0.15, -0.1) is 22.7 Å². The molecule has 1 N–H and O–H groups in total. The standard InChI is InChI=1S/C26H26FNO3S2/c27-20-6-1-5-19(15-20)16-28(17-21-7-2-12-30-21)18-22-10-11-23(31-22)26(29,24-8-3-13-32-24)25-9-4-14-33-25/h1,3-6,8-11,13-15,21,29H,2,7,12,16-18H2/t21-/m1/s1. The molecule has 4 nitrogen and oxygen atoms in total. The molecule has 0 unspecified atom stereocenters. The van der Waals surface area contributed by atoms with Crippen molar-refractivity contribution < 1.29 is 18.7 Å². The van der Waals surface area contributed by atoms with E-state index in [4.69, 9.17) is 9.15 Å². The number of furan rings is 1. The van der Waals surface area contributed by atoms with E-state index in [2.05, 4.69) is 4.90 Å². The number of rotatable bonds is 9. The van der Waals surface area contributed by atoms with Crippen LogP contribution >= 0.6 is 22.7 Å². The van der Waals surface area contributed by atoms with Crippen molar-refractivity contribution >= 4 is 22.7 Å². The topological polar surface area (TPSA) is 45.8 Å². The van der Waals surface area contributed by atoms with E-state index in [0.29, 0.717) is 18.8 Å². The molecule has 0 amide bonds. The highest BCUT2D eigenvalue weighted by atomic mass is 32.1. The summed E-state index contributed by atoms with van der Waals surface area (Å²) in [7, 11) is 0. The molecule has 1 atom stereocenters. The summed E-state index contributed by atoms with van der Waals surface area (Å²) in [6.45, 7) is 2.67. The Balaban J connectivity index is 1.40. The largest absolute Gasteiger partial charge is 0.461 e. The van der Waals surface area contributed by atoms with Gasteiger partial charge in [0.2, 0.25) is 0 Å². The third-order valence-electron chi connectivity index (χ3n) is 5.93. The van der Waals surface area contributed by atoms with E-state index in [-0.39, 0.29) is 11.9 Å². The Bertz CT molecular complexity index is 1120. The van der Waals surface area contributed by atoms with E-state index < -0.39 is 5.60 Å². The molecule has 1 aliphatic heterocycles. The van der Waals surface area contributed by atoms with E-state index in [0.717, 1.165) is 47.1 Å². The van der Waals surface area contributed by atoms with Crippen LogP contribution in [0.1, 0.15) is 39.7 Å². The Kier molecular flexibility index (Phi) is 6.76. The van der Waals surface area contributed by atoms with Crippen LogP contribution in [0.5, 0.6) is 0 Å². The van der Waals surface area contributed by atoms with Crippen LogP contribution in [0.25, 0.3) is 0 Å². The number of hydrogen-bond acceptors (Lipinski definition) is 6. The van der Waals surface area contributed by atoms with Gasteiger partial charge in [0, 0.05) is 29.5 Å². The average Bonchev–Trinajstić information content (AvgIpc) is 3.62. The van der Waals surface area contributed by atoms with Crippen LogP contribution in [-0.4, -0.2) is 29.3 Å². The van der Waals surface area contributed by atoms with Gasteiger partial charge in [-0.2, -0.15) is 0 Å². The molecule has 7 heteroatoms. The molecule has 33 heavy (non-hydrogen) atoms. The molecule has 1 aliphatic rings. The van der Waals surface area contributed by atoms with Crippen molar-refractivity contribution in [2.45, 2.75) is 37.6 Å². The lowest BCUT2D eigenvalue weighted by Crippen LogP contribution is -2.31. The van der Waals surface area contributed by atoms with Crippen molar-refractivity contribution in [3.8, 4) is 0 Å². The molecule has 0 saturated carbocycles. The van der Waals surface area contributed by atoms with E-state index >= 15 is 0 Å². The number of aliphatic hydroxyl groups is 1. The summed E-state index contributed by atoms with van der Waals surface area (Å²) in [5.74, 6) is 1.03. The molecular weight excluding hydrogens is 457 g/mol. The average molecular weight is 484 g/mol. The third kappa shape index (κ3) is 4.98. The van der Waals surface area contributed by atoms with Crippen LogP contribution in [0.15, 0.2) is 75.8 Å². The number of halogens is 1. The minimum Gasteiger partial charge on any atom is -0.461 e. The first-order valence-electron chi connectivity index (χ1n) is 11.1. The highest BCUT2D eigenvalue weighted by Crippen LogP contribution is 2.41. The van der Waals surface area contributed by atoms with Gasteiger partial charge in [-0.05, 0) is 65.6 Å². The number of thiophene rings is 2. The smallest absolute Gasteiger partial charge is 0.191 e. The summed E-state index contributed by atoms with van der Waals surface area (Å²) >= 11 is 3.01. The number of benzene rings is 1. The second kappa shape index (κ2) is 9.91. The van der Waals surface area contributed by atoms with Gasteiger partial charge in [-0.3, -0.25) is 4.90 Å². The molecule has 0 spiro atoms. The highest BCUT2D eigenvalue weighted by Gasteiger charge is 2.39. The maximum atomic E-state index is 13.8. The lowest BCUT2D eigenvalue weighted by Gasteiger charge is -2.25. The van der Waals surface area contributed by atoms with Crippen molar-refractivity contribution in [2.75, 3.05) is 13.2 Å². The molecular formula is C26H26FNO3S2. The summed E-state index contributed by atoms with van der Waals surface area (Å²) in [6, 6.07) is 18.2. The maximum absolute atomic E-state index is 13.8. The van der Waals surface area contributed by atoms with Gasteiger partial charge < -0.3 is 14.3 Å². The zero-order chi connectivity index (χ0) is 22.7. The van der Waals surface area contributed by atoms with Gasteiger partial charge in [0.1, 0.15) is 17.3 Å². The van der Waals surface area contributed by atoms with Crippen LogP contribution in [-0.2, 0) is 23.4 Å². The van der Waals surface area contributed by atoms with Crippen molar-refractivity contribution in [3.63, 3.8) is 0 Å². The van der Waals surface area contributed by atoms with Gasteiger partial charge in [0.15, 0.2) is 5.60 Å². The first-order chi connectivity index (χ1) is 16.1. The van der Waals surface area contributed by atoms with Crippen LogP contribution in [0.3, 0.4) is 0 Å². The molecule has 0 radical (unpaired) electrons. The molecule has 5 rings (SSSR count). The van der Waals surface area contributed by atoms with Gasteiger partial charge in [0.25, 0.3) is 0 Å². The summed E-state index contributed by atoms with van der Waals surface area (Å²) in [5.41, 5.74) is -0.406. The van der Waals surface area contributed by atoms with Gasteiger partial charge in [-0.25, -0.2) is 4.39 Å². The Hall–Kier alpha value is -2.29. The SMILES string of the molecule is OC(c1ccc(CN(Cc2cccc(F)c2)C[C@H]2CCCO2)o1)(c1cccs1)c1cccs1. The van der Waals surface area contributed by atoms with E-state index in [1.807, 2.05) is 53.2 Å². The number of ether oxygens (including phenoxy) is 1. The second-order valence-corrected chi connectivity index (χ2v) is 10.3. The molecule has 4 heterocycles. The maximum Gasteiger partial charge on any atom is 0.191 e. The van der Waals surface area contributed by atoms with Crippen molar-refractivity contribution in [3.05, 3.63) is 104 Å². The van der Waals surface area contributed by atoms with Crippen LogP contribution in [0.4, 0.5) is 4.39 Å². The van der Waals surface area contributed by atoms with E-state index in [1.54, 1.807) is 12.1 Å². The second-order valence-electron chi connectivity index (χ2n) is 8.37. The summed E-state index contributed by atoms with van der Waals surface area (Å²) in [6.07, 6.45) is 2.26. The van der Waals surface area contributed by atoms with Crippen molar-refractivity contribution in [2.24, 2.45) is 0 Å². The van der Waals surface area contributed by atoms with Crippen LogP contribution in [0.2, 0.25) is 0 Å². The Morgan fingerprint density at radius 2 is 1.79 bits per heavy atom. The molecule has 4 aromatic rings. The zero-order valence-corrected chi connectivity index (χ0v) is 19.8. The molecule has 1 aromatic carbocycles. The lowest BCUT2D eigenvalue weighted by molar-refractivity contribution is 0.0634. The summed E-state index contributed by atoms with van der Waals surface area (Å²) < 4.78 is 25.9. The normalized spacial score (nSPS) is 16.6. The molecule has 1 saturated heterocycles. The van der Waals surface area contributed by atoms with Gasteiger partial charge >= 0.3 is 0 Å². The fourth-order valence-electron chi connectivity index (χ4n) is 4.37. The van der Waals surface area contributed by atoms with E-state index in [1.165, 1.54) is 28.7 Å².